The van der Waals surface area contributed by atoms with Crippen LogP contribution in [0.1, 0.15) is 27.9 Å². The van der Waals surface area contributed by atoms with Gasteiger partial charge in [0.15, 0.2) is 6.61 Å². The number of aryl methyl sites for hydroxylation is 2. The second kappa shape index (κ2) is 10.6. The lowest BCUT2D eigenvalue weighted by atomic mass is 10.1. The first kappa shape index (κ1) is 22.3. The van der Waals surface area contributed by atoms with Gasteiger partial charge in [0.2, 0.25) is 0 Å². The zero-order valence-corrected chi connectivity index (χ0v) is 18.1. The maximum Gasteiger partial charge on any atom is 0.262 e. The van der Waals surface area contributed by atoms with Gasteiger partial charge in [-0.15, -0.1) is 0 Å². The summed E-state index contributed by atoms with van der Waals surface area (Å²) in [5, 5.41) is 5.25. The van der Waals surface area contributed by atoms with E-state index in [1.807, 2.05) is 6.07 Å². The molecule has 0 radical (unpaired) electrons. The summed E-state index contributed by atoms with van der Waals surface area (Å²) in [6.45, 7) is 0.288. The number of anilines is 1. The van der Waals surface area contributed by atoms with Crippen molar-refractivity contribution in [1.29, 1.82) is 0 Å². The van der Waals surface area contributed by atoms with Crippen LogP contribution in [0, 0.1) is 5.82 Å². The average Bonchev–Trinajstić information content (AvgIpc) is 3.30. The SMILES string of the molecule is O=C(COc1ccccc1C(=O)NCCOc1ccc2c(c1)CCC2)Nc1ccccc1F. The van der Waals surface area contributed by atoms with Crippen LogP contribution in [0.4, 0.5) is 10.1 Å². The van der Waals surface area contributed by atoms with Crippen molar-refractivity contribution >= 4 is 17.5 Å². The predicted molar refractivity (Wildman–Crippen MR) is 123 cm³/mol. The second-order valence-corrected chi connectivity index (χ2v) is 7.70. The van der Waals surface area contributed by atoms with Gasteiger partial charge in [0.25, 0.3) is 11.8 Å². The molecule has 0 unspecified atom stereocenters. The monoisotopic (exact) mass is 448 g/mol. The molecule has 3 aromatic rings. The van der Waals surface area contributed by atoms with E-state index >= 15 is 0 Å². The zero-order valence-electron chi connectivity index (χ0n) is 18.1. The van der Waals surface area contributed by atoms with Crippen molar-refractivity contribution in [3.8, 4) is 11.5 Å². The molecule has 33 heavy (non-hydrogen) atoms. The second-order valence-electron chi connectivity index (χ2n) is 7.70. The largest absolute Gasteiger partial charge is 0.492 e. The Labute approximate surface area is 191 Å². The number of para-hydroxylation sites is 2. The molecule has 3 aromatic carbocycles. The number of fused-ring (bicyclic) bond motifs is 1. The number of carbonyl (C=O) groups is 2. The Bertz CT molecular complexity index is 1150. The van der Waals surface area contributed by atoms with Crippen molar-refractivity contribution in [2.24, 2.45) is 0 Å². The highest BCUT2D eigenvalue weighted by Gasteiger charge is 2.14. The van der Waals surface area contributed by atoms with Crippen LogP contribution in [0.15, 0.2) is 66.7 Å². The summed E-state index contributed by atoms with van der Waals surface area (Å²) in [7, 11) is 0. The first-order valence-corrected chi connectivity index (χ1v) is 10.9. The summed E-state index contributed by atoms with van der Waals surface area (Å²) in [5.41, 5.74) is 3.09. The molecule has 0 saturated heterocycles. The minimum absolute atomic E-state index is 0.0699. The summed E-state index contributed by atoms with van der Waals surface area (Å²) < 4.78 is 25.0. The molecule has 0 fully saturated rings. The number of nitrogens with one attached hydrogen (secondary N) is 2. The standard InChI is InChI=1S/C26H25FN2O4/c27-22-9-2-3-10-23(22)29-25(30)17-33-24-11-4-1-8-21(24)26(31)28-14-15-32-20-13-12-18-6-5-7-19(18)16-20/h1-4,8-13,16H,5-7,14-15,17H2,(H,28,31)(H,29,30). The topological polar surface area (TPSA) is 76.7 Å². The van der Waals surface area contributed by atoms with Crippen molar-refractivity contribution in [2.45, 2.75) is 19.3 Å². The Morgan fingerprint density at radius 3 is 2.58 bits per heavy atom. The van der Waals surface area contributed by atoms with E-state index < -0.39 is 11.7 Å². The number of rotatable bonds is 9. The molecule has 2 N–H and O–H groups in total. The van der Waals surface area contributed by atoms with E-state index in [0.717, 1.165) is 18.6 Å². The number of ether oxygens (including phenoxy) is 2. The van der Waals surface area contributed by atoms with Gasteiger partial charge >= 0.3 is 0 Å². The van der Waals surface area contributed by atoms with Crippen LogP contribution in [0.25, 0.3) is 0 Å². The van der Waals surface area contributed by atoms with Gasteiger partial charge in [0.05, 0.1) is 17.8 Å². The Kier molecular flexibility index (Phi) is 7.19. The number of hydrogen-bond acceptors (Lipinski definition) is 4. The lowest BCUT2D eigenvalue weighted by Gasteiger charge is -2.13. The normalized spacial score (nSPS) is 12.0. The van der Waals surface area contributed by atoms with Gasteiger partial charge in [-0.25, -0.2) is 4.39 Å². The summed E-state index contributed by atoms with van der Waals surface area (Å²) >= 11 is 0. The molecule has 6 nitrogen and oxygen atoms in total. The highest BCUT2D eigenvalue weighted by atomic mass is 19.1. The highest BCUT2D eigenvalue weighted by molar-refractivity contribution is 5.97. The van der Waals surface area contributed by atoms with Crippen molar-refractivity contribution in [3.05, 3.63) is 89.2 Å². The van der Waals surface area contributed by atoms with Crippen LogP contribution in [0.5, 0.6) is 11.5 Å². The fraction of sp³-hybridized carbons (Fsp3) is 0.231. The Balaban J connectivity index is 1.26. The van der Waals surface area contributed by atoms with Crippen LogP contribution >= 0.6 is 0 Å². The zero-order chi connectivity index (χ0) is 23.0. The quantitative estimate of drug-likeness (QED) is 0.483. The van der Waals surface area contributed by atoms with E-state index in [-0.39, 0.29) is 24.0 Å². The number of hydrogen-bond donors (Lipinski definition) is 2. The summed E-state index contributed by atoms with van der Waals surface area (Å²) in [6.07, 6.45) is 3.39. The number of benzene rings is 3. The van der Waals surface area contributed by atoms with E-state index in [0.29, 0.717) is 18.7 Å². The van der Waals surface area contributed by atoms with Gasteiger partial charge < -0.3 is 20.1 Å². The van der Waals surface area contributed by atoms with Gasteiger partial charge in [-0.3, -0.25) is 9.59 Å². The Morgan fingerprint density at radius 1 is 0.909 bits per heavy atom. The first-order valence-electron chi connectivity index (χ1n) is 10.9. The third-order valence-corrected chi connectivity index (χ3v) is 5.36. The third-order valence-electron chi connectivity index (χ3n) is 5.36. The molecule has 0 heterocycles. The van der Waals surface area contributed by atoms with Crippen LogP contribution in [0.2, 0.25) is 0 Å². The number of carbonyl (C=O) groups excluding carboxylic acids is 2. The van der Waals surface area contributed by atoms with E-state index in [4.69, 9.17) is 9.47 Å². The lowest BCUT2D eigenvalue weighted by molar-refractivity contribution is -0.118. The van der Waals surface area contributed by atoms with Crippen LogP contribution in [-0.4, -0.2) is 31.6 Å². The van der Waals surface area contributed by atoms with E-state index in [2.05, 4.69) is 22.8 Å². The predicted octanol–water partition coefficient (Wildman–Crippen LogP) is 4.14. The maximum atomic E-state index is 13.7. The van der Waals surface area contributed by atoms with Gasteiger partial charge in [-0.1, -0.05) is 30.3 Å². The molecule has 1 aliphatic rings. The molecule has 0 aromatic heterocycles. The van der Waals surface area contributed by atoms with Gasteiger partial charge in [-0.2, -0.15) is 0 Å². The Morgan fingerprint density at radius 2 is 1.70 bits per heavy atom. The summed E-state index contributed by atoms with van der Waals surface area (Å²) in [5.74, 6) is -0.337. The van der Waals surface area contributed by atoms with Crippen LogP contribution < -0.4 is 20.1 Å². The smallest absolute Gasteiger partial charge is 0.262 e. The number of halogens is 1. The summed E-state index contributed by atoms with van der Waals surface area (Å²) in [6, 6.07) is 18.6. The van der Waals surface area contributed by atoms with E-state index in [9.17, 15) is 14.0 Å². The third kappa shape index (κ3) is 5.88. The molecule has 0 aliphatic heterocycles. The van der Waals surface area contributed by atoms with Crippen molar-refractivity contribution in [3.63, 3.8) is 0 Å². The lowest BCUT2D eigenvalue weighted by Crippen LogP contribution is -2.29. The van der Waals surface area contributed by atoms with Crippen molar-refractivity contribution < 1.29 is 23.5 Å². The van der Waals surface area contributed by atoms with E-state index in [1.54, 1.807) is 30.3 Å². The number of amides is 2. The molecular formula is C26H25FN2O4. The Hall–Kier alpha value is -3.87. The summed E-state index contributed by atoms with van der Waals surface area (Å²) in [4.78, 5) is 24.7. The fourth-order valence-corrected chi connectivity index (χ4v) is 3.74. The van der Waals surface area contributed by atoms with Gasteiger partial charge in [-0.05, 0) is 66.8 Å². The first-order chi connectivity index (χ1) is 16.1. The van der Waals surface area contributed by atoms with Crippen LogP contribution in [-0.2, 0) is 17.6 Å². The highest BCUT2D eigenvalue weighted by Crippen LogP contribution is 2.26. The van der Waals surface area contributed by atoms with Crippen molar-refractivity contribution in [1.82, 2.24) is 5.32 Å². The maximum absolute atomic E-state index is 13.7. The van der Waals surface area contributed by atoms with Gasteiger partial charge in [0, 0.05) is 0 Å². The molecule has 170 valence electrons. The molecular weight excluding hydrogens is 423 g/mol. The van der Waals surface area contributed by atoms with Crippen LogP contribution in [0.3, 0.4) is 0 Å². The average molecular weight is 448 g/mol. The molecule has 0 saturated carbocycles. The molecule has 2 amide bonds. The molecule has 0 bridgehead atoms. The molecule has 4 rings (SSSR count). The molecule has 1 aliphatic carbocycles. The fourth-order valence-electron chi connectivity index (χ4n) is 3.74. The van der Waals surface area contributed by atoms with Gasteiger partial charge in [0.1, 0.15) is 23.9 Å². The van der Waals surface area contributed by atoms with Crippen molar-refractivity contribution in [2.75, 3.05) is 25.1 Å². The minimum atomic E-state index is -0.535. The minimum Gasteiger partial charge on any atom is -0.492 e. The molecule has 7 heteroatoms. The molecule has 0 spiro atoms. The molecule has 0 atom stereocenters. The van der Waals surface area contributed by atoms with E-state index in [1.165, 1.54) is 35.7 Å².